The molecular weight excluding hydrogens is 465 g/mol. The number of methoxy groups -OCH3 is 4. The molecule has 0 bridgehead atoms. The van der Waals surface area contributed by atoms with Crippen LogP contribution in [0.25, 0.3) is 0 Å². The summed E-state index contributed by atoms with van der Waals surface area (Å²) in [6.07, 6.45) is 7.77. The maximum Gasteiger partial charge on any atom is 0.153 e. The van der Waals surface area contributed by atoms with Crippen LogP contribution in [0.2, 0.25) is 12.1 Å². The van der Waals surface area contributed by atoms with Gasteiger partial charge in [-0.1, -0.05) is 86.0 Å². The van der Waals surface area contributed by atoms with E-state index < -0.39 is 19.0 Å². The third-order valence-corrected chi connectivity index (χ3v) is 17.1. The van der Waals surface area contributed by atoms with E-state index in [-0.39, 0.29) is 10.8 Å². The summed E-state index contributed by atoms with van der Waals surface area (Å²) >= 11 is 0. The van der Waals surface area contributed by atoms with Crippen molar-refractivity contribution in [3.05, 3.63) is 0 Å². The molecule has 0 saturated heterocycles. The minimum absolute atomic E-state index is 0.328. The number of unbranched alkanes of at least 4 members (excludes halogenated alkanes) is 4. The molecule has 0 aromatic carbocycles. The van der Waals surface area contributed by atoms with E-state index in [0.717, 1.165) is 11.5 Å². The van der Waals surface area contributed by atoms with Gasteiger partial charge in [0.15, 0.2) is 10.8 Å². The van der Waals surface area contributed by atoms with Crippen molar-refractivity contribution in [2.24, 2.45) is 0 Å². The van der Waals surface area contributed by atoms with Crippen LogP contribution in [-0.2, 0) is 18.9 Å². The summed E-state index contributed by atoms with van der Waals surface area (Å²) < 4.78 is 23.1. The fraction of sp³-hybridized carbons (Fsp3) is 1.00. The molecular formula is C18H42O4S4Si2. The van der Waals surface area contributed by atoms with Crippen LogP contribution in [0.5, 0.6) is 0 Å². The Balaban J connectivity index is 4.14. The molecule has 0 atom stereocenters. The fourth-order valence-corrected chi connectivity index (χ4v) is 14.9. The number of ether oxygens (including phenoxy) is 4. The number of hydrogen-bond acceptors (Lipinski definition) is 8. The highest BCUT2D eigenvalue weighted by molar-refractivity contribution is 9.26. The topological polar surface area (TPSA) is 36.9 Å². The molecule has 0 aliphatic rings. The number of hydrogen-bond donors (Lipinski definition) is 0. The molecule has 0 aliphatic heterocycles. The second kappa shape index (κ2) is 19.4. The van der Waals surface area contributed by atoms with Gasteiger partial charge in [0.05, 0.1) is 30.5 Å². The maximum absolute atomic E-state index is 5.78. The average Bonchev–Trinajstić information content (AvgIpc) is 2.74. The van der Waals surface area contributed by atoms with Gasteiger partial charge < -0.3 is 18.9 Å². The smallest absolute Gasteiger partial charge is 0.153 e. The van der Waals surface area contributed by atoms with Crippen molar-refractivity contribution in [2.75, 3.05) is 39.9 Å². The predicted molar refractivity (Wildman–Crippen MR) is 139 cm³/mol. The van der Waals surface area contributed by atoms with E-state index in [4.69, 9.17) is 18.9 Å². The predicted octanol–water partition coefficient (Wildman–Crippen LogP) is 5.11. The van der Waals surface area contributed by atoms with E-state index in [1.54, 1.807) is 28.4 Å². The van der Waals surface area contributed by atoms with Crippen LogP contribution in [0.3, 0.4) is 0 Å². The summed E-state index contributed by atoms with van der Waals surface area (Å²) in [6, 6.07) is 2.57. The minimum Gasteiger partial charge on any atom is -0.357 e. The van der Waals surface area contributed by atoms with Gasteiger partial charge in [0.25, 0.3) is 0 Å². The van der Waals surface area contributed by atoms with Crippen molar-refractivity contribution in [1.82, 2.24) is 0 Å². The minimum atomic E-state index is -0.415. The lowest BCUT2D eigenvalue weighted by molar-refractivity contribution is -0.127. The molecule has 0 aromatic heterocycles. The zero-order valence-electron chi connectivity index (χ0n) is 18.8. The van der Waals surface area contributed by atoms with Gasteiger partial charge in [-0.15, -0.1) is 0 Å². The molecule has 0 spiro atoms. The molecule has 0 rings (SSSR count). The van der Waals surface area contributed by atoms with Crippen LogP contribution >= 0.6 is 41.2 Å². The molecule has 4 nitrogen and oxygen atoms in total. The summed E-state index contributed by atoms with van der Waals surface area (Å²) in [5, 5.41) is 0. The third-order valence-electron chi connectivity index (χ3n) is 4.99. The Morgan fingerprint density at radius 3 is 1.25 bits per heavy atom. The first-order valence-corrected chi connectivity index (χ1v) is 18.9. The van der Waals surface area contributed by atoms with Gasteiger partial charge in [0.1, 0.15) is 0 Å². The van der Waals surface area contributed by atoms with Crippen LogP contribution in [0.15, 0.2) is 0 Å². The Hall–Kier alpha value is 1.67. The van der Waals surface area contributed by atoms with Gasteiger partial charge in [0, 0.05) is 28.4 Å². The van der Waals surface area contributed by atoms with E-state index in [1.807, 2.05) is 41.2 Å². The van der Waals surface area contributed by atoms with E-state index in [0.29, 0.717) is 0 Å². The summed E-state index contributed by atoms with van der Waals surface area (Å²) in [6.45, 7) is 4.50. The van der Waals surface area contributed by atoms with E-state index in [9.17, 15) is 0 Å². The fourth-order valence-electron chi connectivity index (χ4n) is 2.86. The van der Waals surface area contributed by atoms with Crippen molar-refractivity contribution >= 4 is 60.3 Å². The van der Waals surface area contributed by atoms with Gasteiger partial charge in [-0.3, -0.25) is 0 Å². The maximum atomic E-state index is 5.78. The van der Waals surface area contributed by atoms with E-state index in [1.165, 1.54) is 50.6 Å². The van der Waals surface area contributed by atoms with Gasteiger partial charge in [-0.2, -0.15) is 0 Å². The molecule has 0 N–H and O–H groups in total. The second-order valence-corrected chi connectivity index (χ2v) is 17.5. The summed E-state index contributed by atoms with van der Waals surface area (Å²) in [5.41, 5.74) is -0.655. The summed E-state index contributed by atoms with van der Waals surface area (Å²) in [4.78, 5) is 0. The normalized spacial score (nSPS) is 13.5. The first-order chi connectivity index (χ1) is 13.6. The SMILES string of the molecule is CCCCC[SiH2]C(CSSSSCC(OC)(OC)[SiH2]CCCCC)(OC)OC. The Kier molecular flexibility index (Phi) is 20.5. The van der Waals surface area contributed by atoms with Gasteiger partial charge in [-0.05, 0) is 19.7 Å². The van der Waals surface area contributed by atoms with Crippen LogP contribution in [-0.4, -0.2) is 69.8 Å². The summed E-state index contributed by atoms with van der Waals surface area (Å²) in [5.74, 6) is 1.78. The molecule has 0 radical (unpaired) electrons. The van der Waals surface area contributed by atoms with Gasteiger partial charge in [0.2, 0.25) is 0 Å². The lowest BCUT2D eigenvalue weighted by Crippen LogP contribution is -2.43. The van der Waals surface area contributed by atoms with Crippen LogP contribution < -0.4 is 0 Å². The molecule has 28 heavy (non-hydrogen) atoms. The summed E-state index contributed by atoms with van der Waals surface area (Å²) in [7, 11) is 13.6. The molecule has 0 aliphatic carbocycles. The first-order valence-electron chi connectivity index (χ1n) is 10.4. The Morgan fingerprint density at radius 1 is 0.607 bits per heavy atom. The molecule has 170 valence electrons. The molecule has 0 amide bonds. The zero-order chi connectivity index (χ0) is 21.1. The molecule has 0 fully saturated rings. The Labute approximate surface area is 193 Å². The van der Waals surface area contributed by atoms with Crippen molar-refractivity contribution in [3.8, 4) is 0 Å². The zero-order valence-corrected chi connectivity index (χ0v) is 24.8. The van der Waals surface area contributed by atoms with Crippen LogP contribution in [0, 0.1) is 0 Å². The number of rotatable bonds is 21. The highest BCUT2D eigenvalue weighted by Gasteiger charge is 2.31. The van der Waals surface area contributed by atoms with Gasteiger partial charge in [-0.25, -0.2) is 0 Å². The van der Waals surface area contributed by atoms with Crippen molar-refractivity contribution in [2.45, 2.75) is 75.3 Å². The first kappa shape index (κ1) is 29.7. The van der Waals surface area contributed by atoms with Crippen molar-refractivity contribution in [1.29, 1.82) is 0 Å². The lowest BCUT2D eigenvalue weighted by atomic mass is 10.3. The Bertz CT molecular complexity index is 318. The van der Waals surface area contributed by atoms with E-state index >= 15 is 0 Å². The largest absolute Gasteiger partial charge is 0.357 e. The lowest BCUT2D eigenvalue weighted by Gasteiger charge is -2.31. The highest BCUT2D eigenvalue weighted by Crippen LogP contribution is 2.45. The molecule has 0 aromatic rings. The van der Waals surface area contributed by atoms with E-state index in [2.05, 4.69) is 13.8 Å². The quantitative estimate of drug-likeness (QED) is 0.0920. The van der Waals surface area contributed by atoms with Crippen molar-refractivity contribution < 1.29 is 18.9 Å². The van der Waals surface area contributed by atoms with Gasteiger partial charge >= 0.3 is 0 Å². The van der Waals surface area contributed by atoms with Crippen LogP contribution in [0.1, 0.15) is 52.4 Å². The highest BCUT2D eigenvalue weighted by atomic mass is 33.7. The standard InChI is InChI=1S/C18H42O4S4Si2/c1-7-9-11-13-27-17(19-3,20-4)15-23-25-26-24-16-18(21-5,22-6)28-14-12-10-8-2/h7-16,27-28H2,1-6H3. The monoisotopic (exact) mass is 506 g/mol. The molecule has 0 unspecified atom stereocenters. The van der Waals surface area contributed by atoms with Crippen molar-refractivity contribution in [3.63, 3.8) is 0 Å². The second-order valence-electron chi connectivity index (χ2n) is 6.92. The van der Waals surface area contributed by atoms with Crippen LogP contribution in [0.4, 0.5) is 0 Å². The Morgan fingerprint density at radius 2 is 0.964 bits per heavy atom. The average molecular weight is 507 g/mol. The molecule has 0 saturated carbocycles. The molecule has 0 heterocycles. The third kappa shape index (κ3) is 13.2. The molecule has 10 heteroatoms.